The number of hydrogen-bond donors (Lipinski definition) is 1. The van der Waals surface area contributed by atoms with Crippen molar-refractivity contribution in [1.29, 1.82) is 0 Å². The van der Waals surface area contributed by atoms with Crippen LogP contribution >= 0.6 is 0 Å². The number of rotatable bonds is 6. The number of nitrogens with zero attached hydrogens (tertiary/aromatic N) is 1. The number of fused-ring (bicyclic) bond motifs is 1. The van der Waals surface area contributed by atoms with Gasteiger partial charge in [-0.05, 0) is 35.9 Å². The lowest BCUT2D eigenvalue weighted by Crippen LogP contribution is -2.44. The van der Waals surface area contributed by atoms with E-state index in [-0.39, 0.29) is 11.5 Å². The number of methoxy groups -OCH3 is 3. The normalized spacial score (nSPS) is 17.1. The number of carbonyl (C=O) groups is 2. The van der Waals surface area contributed by atoms with Gasteiger partial charge in [0.2, 0.25) is 5.91 Å². The molecule has 2 atom stereocenters. The van der Waals surface area contributed by atoms with Crippen LogP contribution in [0.15, 0.2) is 60.7 Å². The second-order valence-electron chi connectivity index (χ2n) is 7.88. The molecule has 0 bridgehead atoms. The van der Waals surface area contributed by atoms with Gasteiger partial charge in [0.1, 0.15) is 11.6 Å². The molecule has 1 heterocycles. The average Bonchev–Trinajstić information content (AvgIpc) is 2.85. The van der Waals surface area contributed by atoms with Crippen molar-refractivity contribution in [2.45, 2.75) is 12.0 Å². The molecule has 0 spiro atoms. The van der Waals surface area contributed by atoms with E-state index in [4.69, 9.17) is 14.2 Å². The lowest BCUT2D eigenvalue weighted by Gasteiger charge is -2.40. The number of benzene rings is 3. The predicted octanol–water partition coefficient (Wildman–Crippen LogP) is 4.40. The summed E-state index contributed by atoms with van der Waals surface area (Å²) in [5.74, 6) is -0.893. The van der Waals surface area contributed by atoms with Crippen LogP contribution in [0.4, 0.5) is 10.1 Å². The molecule has 176 valence electrons. The molecule has 4 rings (SSSR count). The molecule has 0 saturated heterocycles. The van der Waals surface area contributed by atoms with E-state index in [0.717, 1.165) is 0 Å². The molecule has 3 aromatic carbocycles. The molecule has 0 aromatic heterocycles. The molecule has 2 amide bonds. The highest BCUT2D eigenvalue weighted by atomic mass is 19.1. The van der Waals surface area contributed by atoms with E-state index in [1.807, 2.05) is 0 Å². The molecule has 3 aromatic rings. The van der Waals surface area contributed by atoms with Crippen molar-refractivity contribution in [1.82, 2.24) is 4.90 Å². The number of nitrogens with one attached hydrogen (secondary N) is 1. The van der Waals surface area contributed by atoms with E-state index < -0.39 is 23.7 Å². The van der Waals surface area contributed by atoms with Gasteiger partial charge in [-0.2, -0.15) is 0 Å². The molecule has 0 fully saturated rings. The van der Waals surface area contributed by atoms with E-state index in [2.05, 4.69) is 5.32 Å². The lowest BCUT2D eigenvalue weighted by atomic mass is 9.79. The fraction of sp³-hybridized carbons (Fsp3) is 0.231. The summed E-state index contributed by atoms with van der Waals surface area (Å²) in [6.45, 7) is 0. The molecule has 1 aliphatic heterocycles. The van der Waals surface area contributed by atoms with Gasteiger partial charge in [0, 0.05) is 29.9 Å². The van der Waals surface area contributed by atoms with Gasteiger partial charge >= 0.3 is 0 Å². The first-order valence-electron chi connectivity index (χ1n) is 10.6. The summed E-state index contributed by atoms with van der Waals surface area (Å²) in [5, 5.41) is 2.90. The van der Waals surface area contributed by atoms with Gasteiger partial charge < -0.3 is 24.4 Å². The maximum atomic E-state index is 14.9. The van der Waals surface area contributed by atoms with Gasteiger partial charge in [0.25, 0.3) is 5.91 Å². The predicted molar refractivity (Wildman–Crippen MR) is 125 cm³/mol. The first-order chi connectivity index (χ1) is 16.4. The molecular formula is C26H25FN2O5. The molecule has 8 heteroatoms. The minimum Gasteiger partial charge on any atom is -0.497 e. The van der Waals surface area contributed by atoms with Gasteiger partial charge in [-0.3, -0.25) is 9.59 Å². The van der Waals surface area contributed by atoms with Crippen molar-refractivity contribution in [2.75, 3.05) is 33.7 Å². The van der Waals surface area contributed by atoms with Crippen molar-refractivity contribution >= 4 is 17.5 Å². The first-order valence-corrected chi connectivity index (χ1v) is 10.6. The lowest BCUT2D eigenvalue weighted by molar-refractivity contribution is -0.119. The van der Waals surface area contributed by atoms with E-state index in [1.54, 1.807) is 61.6 Å². The summed E-state index contributed by atoms with van der Waals surface area (Å²) in [5.41, 5.74) is 1.47. The maximum Gasteiger partial charge on any atom is 0.254 e. The molecule has 0 unspecified atom stereocenters. The van der Waals surface area contributed by atoms with E-state index >= 15 is 0 Å². The monoisotopic (exact) mass is 464 g/mol. The molecule has 0 saturated carbocycles. The summed E-state index contributed by atoms with van der Waals surface area (Å²) < 4.78 is 31.0. The van der Waals surface area contributed by atoms with Crippen molar-refractivity contribution in [2.24, 2.45) is 0 Å². The average molecular weight is 464 g/mol. The second-order valence-corrected chi connectivity index (χ2v) is 7.88. The highest BCUT2D eigenvalue weighted by Gasteiger charge is 2.44. The van der Waals surface area contributed by atoms with Crippen LogP contribution in [0.25, 0.3) is 0 Å². The van der Waals surface area contributed by atoms with Crippen molar-refractivity contribution in [3.8, 4) is 17.2 Å². The minimum atomic E-state index is -0.930. The summed E-state index contributed by atoms with van der Waals surface area (Å²) in [6.07, 6.45) is 0. The molecular weight excluding hydrogens is 439 g/mol. The first kappa shape index (κ1) is 23.1. The third-order valence-corrected chi connectivity index (χ3v) is 6.02. The van der Waals surface area contributed by atoms with Gasteiger partial charge in [-0.25, -0.2) is 4.39 Å². The fourth-order valence-corrected chi connectivity index (χ4v) is 4.36. The van der Waals surface area contributed by atoms with Crippen LogP contribution < -0.4 is 19.5 Å². The third kappa shape index (κ3) is 4.03. The van der Waals surface area contributed by atoms with Gasteiger partial charge in [-0.15, -0.1) is 0 Å². The number of carbonyl (C=O) groups excluding carboxylic acids is 2. The summed E-state index contributed by atoms with van der Waals surface area (Å²) in [6, 6.07) is 15.3. The van der Waals surface area contributed by atoms with Gasteiger partial charge in [0.15, 0.2) is 11.5 Å². The van der Waals surface area contributed by atoms with Crippen molar-refractivity contribution in [3.63, 3.8) is 0 Å². The molecule has 34 heavy (non-hydrogen) atoms. The molecule has 1 aliphatic rings. The molecule has 0 aliphatic carbocycles. The number of halogens is 1. The highest BCUT2D eigenvalue weighted by molar-refractivity contribution is 6.05. The third-order valence-electron chi connectivity index (χ3n) is 6.02. The van der Waals surface area contributed by atoms with Crippen LogP contribution in [0.3, 0.4) is 0 Å². The Hall–Kier alpha value is -4.07. The topological polar surface area (TPSA) is 77.1 Å². The standard InChI is InChI=1S/C26H25FN2O5/c1-29-24(17-10-5-6-11-20(17)27)23(25(30)28-15-8-7-9-16(12-15)32-2)18-13-21(33-3)22(34-4)14-19(18)26(29)31/h5-14,23-24H,1-4H3,(H,28,30)/t23-,24+/m0/s1. The van der Waals surface area contributed by atoms with Gasteiger partial charge in [-0.1, -0.05) is 24.3 Å². The summed E-state index contributed by atoms with van der Waals surface area (Å²) >= 11 is 0. The van der Waals surface area contributed by atoms with Crippen LogP contribution in [0.1, 0.15) is 33.4 Å². The maximum absolute atomic E-state index is 14.9. The zero-order chi connectivity index (χ0) is 24.4. The Kier molecular flexibility index (Phi) is 6.40. The number of likely N-dealkylation sites (N-methyl/N-ethyl adjacent to an activating group) is 1. The van der Waals surface area contributed by atoms with Crippen LogP contribution in [-0.2, 0) is 4.79 Å². The van der Waals surface area contributed by atoms with Gasteiger partial charge in [0.05, 0.1) is 33.3 Å². The van der Waals surface area contributed by atoms with Crippen LogP contribution in [0, 0.1) is 5.82 Å². The smallest absolute Gasteiger partial charge is 0.254 e. The molecule has 0 radical (unpaired) electrons. The fourth-order valence-electron chi connectivity index (χ4n) is 4.36. The number of amides is 2. The number of hydrogen-bond acceptors (Lipinski definition) is 5. The van der Waals surface area contributed by atoms with Crippen molar-refractivity contribution < 1.29 is 28.2 Å². The Morgan fingerprint density at radius 1 is 0.912 bits per heavy atom. The quantitative estimate of drug-likeness (QED) is 0.585. The van der Waals surface area contributed by atoms with Crippen LogP contribution in [0.5, 0.6) is 17.2 Å². The SMILES string of the molecule is COc1cccc(NC(=O)[C@H]2c3cc(OC)c(OC)cc3C(=O)N(C)[C@@H]2c2ccccc2F)c1. The number of anilines is 1. The summed E-state index contributed by atoms with van der Waals surface area (Å²) in [7, 11) is 6.04. The van der Waals surface area contributed by atoms with Crippen LogP contribution in [-0.4, -0.2) is 45.1 Å². The Bertz CT molecular complexity index is 1250. The molecule has 7 nitrogen and oxygen atoms in total. The Balaban J connectivity index is 1.89. The zero-order valence-corrected chi connectivity index (χ0v) is 19.3. The van der Waals surface area contributed by atoms with E-state index in [1.165, 1.54) is 32.3 Å². The Morgan fingerprint density at radius 2 is 1.62 bits per heavy atom. The largest absolute Gasteiger partial charge is 0.497 e. The summed E-state index contributed by atoms with van der Waals surface area (Å²) in [4.78, 5) is 28.5. The van der Waals surface area contributed by atoms with E-state index in [9.17, 15) is 14.0 Å². The minimum absolute atomic E-state index is 0.240. The van der Waals surface area contributed by atoms with Crippen molar-refractivity contribution in [3.05, 3.63) is 83.2 Å². The zero-order valence-electron chi connectivity index (χ0n) is 19.3. The number of ether oxygens (including phenoxy) is 3. The highest BCUT2D eigenvalue weighted by Crippen LogP contribution is 2.46. The Morgan fingerprint density at radius 3 is 2.29 bits per heavy atom. The van der Waals surface area contributed by atoms with E-state index in [0.29, 0.717) is 34.1 Å². The van der Waals surface area contributed by atoms with Crippen LogP contribution in [0.2, 0.25) is 0 Å². The second kappa shape index (κ2) is 9.43. The molecule has 1 N–H and O–H groups in total. The Labute approximate surface area is 197 Å².